The van der Waals surface area contributed by atoms with Gasteiger partial charge in [0.2, 0.25) is 0 Å². The zero-order valence-electron chi connectivity index (χ0n) is 7.57. The summed E-state index contributed by atoms with van der Waals surface area (Å²) in [5.74, 6) is -0.347. The predicted octanol–water partition coefficient (Wildman–Crippen LogP) is 1.45. The molecular formula is C10H14FNO. The molecule has 0 fully saturated rings. The maximum absolute atomic E-state index is 12.8. The van der Waals surface area contributed by atoms with E-state index in [2.05, 4.69) is 0 Å². The summed E-state index contributed by atoms with van der Waals surface area (Å²) in [6.07, 6.45) is 0. The molecule has 0 radical (unpaired) electrons. The van der Waals surface area contributed by atoms with Crippen LogP contribution in [0.4, 0.5) is 4.39 Å². The largest absolute Gasteiger partial charge is 0.396 e. The fraction of sp³-hybridized carbons (Fsp3) is 0.400. The van der Waals surface area contributed by atoms with Crippen molar-refractivity contribution in [1.29, 1.82) is 0 Å². The number of aliphatic hydroxyl groups is 1. The van der Waals surface area contributed by atoms with Crippen molar-refractivity contribution in [3.8, 4) is 0 Å². The topological polar surface area (TPSA) is 46.2 Å². The molecule has 0 heterocycles. The summed E-state index contributed by atoms with van der Waals surface area (Å²) in [5.41, 5.74) is 6.51. The van der Waals surface area contributed by atoms with Crippen LogP contribution >= 0.6 is 0 Å². The third kappa shape index (κ3) is 2.50. The van der Waals surface area contributed by atoms with Crippen LogP contribution < -0.4 is 5.73 Å². The minimum Gasteiger partial charge on any atom is -0.396 e. The Morgan fingerprint density at radius 2 is 2.23 bits per heavy atom. The van der Waals surface area contributed by atoms with E-state index >= 15 is 0 Å². The number of nitrogens with two attached hydrogens (primary N) is 1. The Morgan fingerprint density at radius 3 is 2.77 bits per heavy atom. The highest BCUT2D eigenvalue weighted by Gasteiger charge is 2.13. The molecule has 2 atom stereocenters. The van der Waals surface area contributed by atoms with Gasteiger partial charge in [-0.25, -0.2) is 4.39 Å². The lowest BCUT2D eigenvalue weighted by molar-refractivity contribution is 0.217. The Kier molecular flexibility index (Phi) is 3.39. The molecule has 0 aliphatic rings. The second-order valence-electron chi connectivity index (χ2n) is 3.24. The van der Waals surface area contributed by atoms with E-state index in [-0.39, 0.29) is 24.4 Å². The minimum atomic E-state index is -0.305. The molecule has 1 rings (SSSR count). The first-order valence-corrected chi connectivity index (χ1v) is 4.27. The second-order valence-corrected chi connectivity index (χ2v) is 3.24. The Labute approximate surface area is 77.2 Å². The summed E-state index contributed by atoms with van der Waals surface area (Å²) >= 11 is 0. The number of halogens is 1. The highest BCUT2D eigenvalue weighted by atomic mass is 19.1. The fourth-order valence-corrected chi connectivity index (χ4v) is 1.16. The van der Waals surface area contributed by atoms with E-state index < -0.39 is 0 Å². The first-order valence-electron chi connectivity index (χ1n) is 4.27. The van der Waals surface area contributed by atoms with E-state index in [0.717, 1.165) is 5.56 Å². The smallest absolute Gasteiger partial charge is 0.123 e. The monoisotopic (exact) mass is 183 g/mol. The van der Waals surface area contributed by atoms with Gasteiger partial charge < -0.3 is 10.8 Å². The zero-order chi connectivity index (χ0) is 9.84. The van der Waals surface area contributed by atoms with Gasteiger partial charge in [0.05, 0.1) is 0 Å². The van der Waals surface area contributed by atoms with E-state index in [0.29, 0.717) is 0 Å². The van der Waals surface area contributed by atoms with Crippen molar-refractivity contribution in [2.75, 3.05) is 6.61 Å². The molecule has 0 bridgehead atoms. The van der Waals surface area contributed by atoms with Crippen molar-refractivity contribution in [2.24, 2.45) is 11.7 Å². The molecule has 0 saturated heterocycles. The van der Waals surface area contributed by atoms with Gasteiger partial charge in [-0.05, 0) is 23.6 Å². The van der Waals surface area contributed by atoms with Crippen molar-refractivity contribution < 1.29 is 9.50 Å². The molecular weight excluding hydrogens is 169 g/mol. The molecule has 0 spiro atoms. The molecule has 2 unspecified atom stereocenters. The van der Waals surface area contributed by atoms with Gasteiger partial charge in [0.15, 0.2) is 0 Å². The molecule has 0 aliphatic heterocycles. The normalized spacial score (nSPS) is 15.4. The SMILES string of the molecule is CC(CO)C(N)c1cccc(F)c1. The molecule has 1 aromatic rings. The molecule has 3 N–H and O–H groups in total. The lowest BCUT2D eigenvalue weighted by Crippen LogP contribution is -2.21. The average Bonchev–Trinajstić information content (AvgIpc) is 2.15. The van der Waals surface area contributed by atoms with E-state index in [1.165, 1.54) is 12.1 Å². The lowest BCUT2D eigenvalue weighted by atomic mass is 9.96. The summed E-state index contributed by atoms with van der Waals surface area (Å²) in [5, 5.41) is 8.86. The van der Waals surface area contributed by atoms with E-state index in [1.807, 2.05) is 6.92 Å². The molecule has 0 aromatic heterocycles. The van der Waals surface area contributed by atoms with E-state index in [9.17, 15) is 4.39 Å². The third-order valence-corrected chi connectivity index (χ3v) is 2.13. The predicted molar refractivity (Wildman–Crippen MR) is 49.6 cm³/mol. The van der Waals surface area contributed by atoms with Gasteiger partial charge >= 0.3 is 0 Å². The van der Waals surface area contributed by atoms with Gasteiger partial charge in [-0.3, -0.25) is 0 Å². The van der Waals surface area contributed by atoms with Crippen LogP contribution in [-0.2, 0) is 0 Å². The van der Waals surface area contributed by atoms with E-state index in [1.54, 1.807) is 12.1 Å². The van der Waals surface area contributed by atoms with E-state index in [4.69, 9.17) is 10.8 Å². The molecule has 2 nitrogen and oxygen atoms in total. The maximum Gasteiger partial charge on any atom is 0.123 e. The number of hydrogen-bond acceptors (Lipinski definition) is 2. The molecule has 0 amide bonds. The van der Waals surface area contributed by atoms with Gasteiger partial charge in [-0.15, -0.1) is 0 Å². The fourth-order valence-electron chi connectivity index (χ4n) is 1.16. The summed E-state index contributed by atoms with van der Waals surface area (Å²) in [6.45, 7) is 1.84. The quantitative estimate of drug-likeness (QED) is 0.745. The van der Waals surface area contributed by atoms with Gasteiger partial charge in [-0.1, -0.05) is 19.1 Å². The van der Waals surface area contributed by atoms with Crippen LogP contribution in [0.3, 0.4) is 0 Å². The van der Waals surface area contributed by atoms with Gasteiger partial charge in [0.1, 0.15) is 5.82 Å². The minimum absolute atomic E-state index is 0.0116. The highest BCUT2D eigenvalue weighted by molar-refractivity contribution is 5.20. The summed E-state index contributed by atoms with van der Waals surface area (Å²) < 4.78 is 12.8. The van der Waals surface area contributed by atoms with Gasteiger partial charge in [-0.2, -0.15) is 0 Å². The van der Waals surface area contributed by atoms with Crippen molar-refractivity contribution in [3.05, 3.63) is 35.6 Å². The van der Waals surface area contributed by atoms with Gasteiger partial charge in [0, 0.05) is 12.6 Å². The van der Waals surface area contributed by atoms with Crippen LogP contribution in [0.5, 0.6) is 0 Å². The van der Waals surface area contributed by atoms with Crippen LogP contribution in [0.1, 0.15) is 18.5 Å². The molecule has 0 aliphatic carbocycles. The lowest BCUT2D eigenvalue weighted by Gasteiger charge is -2.17. The Hall–Kier alpha value is -0.930. The Bertz CT molecular complexity index is 277. The second kappa shape index (κ2) is 4.35. The highest BCUT2D eigenvalue weighted by Crippen LogP contribution is 2.19. The summed E-state index contributed by atoms with van der Waals surface area (Å²) in [6, 6.07) is 5.85. The number of hydrogen-bond donors (Lipinski definition) is 2. The van der Waals surface area contributed by atoms with Crippen LogP contribution in [0.15, 0.2) is 24.3 Å². The summed E-state index contributed by atoms with van der Waals surface area (Å²) in [7, 11) is 0. The molecule has 0 saturated carbocycles. The molecule has 3 heteroatoms. The van der Waals surface area contributed by atoms with Crippen LogP contribution in [0, 0.1) is 11.7 Å². The maximum atomic E-state index is 12.8. The Balaban J connectivity index is 2.82. The zero-order valence-corrected chi connectivity index (χ0v) is 7.57. The van der Waals surface area contributed by atoms with Crippen LogP contribution in [-0.4, -0.2) is 11.7 Å². The van der Waals surface area contributed by atoms with Crippen molar-refractivity contribution >= 4 is 0 Å². The molecule has 72 valence electrons. The van der Waals surface area contributed by atoms with Crippen LogP contribution in [0.25, 0.3) is 0 Å². The first-order chi connectivity index (χ1) is 6.15. The van der Waals surface area contributed by atoms with Crippen molar-refractivity contribution in [2.45, 2.75) is 13.0 Å². The Morgan fingerprint density at radius 1 is 1.54 bits per heavy atom. The summed E-state index contributed by atoms with van der Waals surface area (Å²) in [4.78, 5) is 0. The van der Waals surface area contributed by atoms with Crippen LogP contribution in [0.2, 0.25) is 0 Å². The standard InChI is InChI=1S/C10H14FNO/c1-7(6-13)10(12)8-3-2-4-9(11)5-8/h2-5,7,10,13H,6,12H2,1H3. The number of rotatable bonds is 3. The third-order valence-electron chi connectivity index (χ3n) is 2.13. The molecule has 13 heavy (non-hydrogen) atoms. The van der Waals surface area contributed by atoms with Gasteiger partial charge in [0.25, 0.3) is 0 Å². The first kappa shape index (κ1) is 10.2. The van der Waals surface area contributed by atoms with Crippen molar-refractivity contribution in [3.63, 3.8) is 0 Å². The molecule has 1 aromatic carbocycles. The number of benzene rings is 1. The average molecular weight is 183 g/mol. The number of aliphatic hydroxyl groups excluding tert-OH is 1. The van der Waals surface area contributed by atoms with Crippen molar-refractivity contribution in [1.82, 2.24) is 0 Å².